The van der Waals surface area contributed by atoms with E-state index < -0.39 is 0 Å². The van der Waals surface area contributed by atoms with E-state index in [0.29, 0.717) is 6.04 Å². The first kappa shape index (κ1) is 11.3. The molecule has 0 atom stereocenters. The second kappa shape index (κ2) is 4.82. The van der Waals surface area contributed by atoms with Crippen molar-refractivity contribution in [3.63, 3.8) is 0 Å². The molecule has 3 N–H and O–H groups in total. The van der Waals surface area contributed by atoms with Gasteiger partial charge < -0.3 is 10.6 Å². The van der Waals surface area contributed by atoms with Crippen LogP contribution in [-0.4, -0.2) is 29.3 Å². The molecule has 1 saturated heterocycles. The van der Waals surface area contributed by atoms with Crippen LogP contribution in [0.2, 0.25) is 0 Å². The van der Waals surface area contributed by atoms with E-state index in [1.165, 1.54) is 11.3 Å². The zero-order valence-corrected chi connectivity index (χ0v) is 10.3. The van der Waals surface area contributed by atoms with Crippen LogP contribution < -0.4 is 10.6 Å². The minimum Gasteiger partial charge on any atom is -0.368 e. The molecule has 0 aliphatic carbocycles. The van der Waals surface area contributed by atoms with Gasteiger partial charge in [-0.25, -0.2) is 0 Å². The van der Waals surface area contributed by atoms with E-state index >= 15 is 0 Å². The molecule has 1 aromatic carbocycles. The number of nitrogens with two attached hydrogens (primary N) is 1. The SMILES string of the molecule is NC1CCN(c2cn[nH]c2-c2ccccc2)CC1. The second-order valence-corrected chi connectivity index (χ2v) is 4.82. The lowest BCUT2D eigenvalue weighted by atomic mass is 10.0. The highest BCUT2D eigenvalue weighted by Crippen LogP contribution is 2.29. The average Bonchev–Trinajstić information content (AvgIpc) is 2.90. The molecule has 1 aliphatic rings. The number of aromatic nitrogens is 2. The van der Waals surface area contributed by atoms with Crippen molar-refractivity contribution in [2.45, 2.75) is 18.9 Å². The van der Waals surface area contributed by atoms with Gasteiger partial charge in [-0.1, -0.05) is 30.3 Å². The number of hydrogen-bond acceptors (Lipinski definition) is 3. The lowest BCUT2D eigenvalue weighted by Gasteiger charge is -2.31. The average molecular weight is 242 g/mol. The monoisotopic (exact) mass is 242 g/mol. The first-order chi connectivity index (χ1) is 8.84. The van der Waals surface area contributed by atoms with Gasteiger partial charge in [-0.3, -0.25) is 5.10 Å². The molecule has 0 bridgehead atoms. The molecular weight excluding hydrogens is 224 g/mol. The van der Waals surface area contributed by atoms with E-state index in [1.807, 2.05) is 24.4 Å². The minimum atomic E-state index is 0.355. The molecule has 3 rings (SSSR count). The Morgan fingerprint density at radius 2 is 1.89 bits per heavy atom. The highest BCUT2D eigenvalue weighted by atomic mass is 15.2. The largest absolute Gasteiger partial charge is 0.368 e. The van der Waals surface area contributed by atoms with Crippen LogP contribution >= 0.6 is 0 Å². The lowest BCUT2D eigenvalue weighted by Crippen LogP contribution is -2.39. The molecule has 1 fully saturated rings. The van der Waals surface area contributed by atoms with E-state index in [9.17, 15) is 0 Å². The number of aromatic amines is 1. The van der Waals surface area contributed by atoms with Gasteiger partial charge in [-0.2, -0.15) is 5.10 Å². The first-order valence-corrected chi connectivity index (χ1v) is 6.44. The summed E-state index contributed by atoms with van der Waals surface area (Å²) in [6.07, 6.45) is 4.03. The summed E-state index contributed by atoms with van der Waals surface area (Å²) in [5.74, 6) is 0. The number of hydrogen-bond donors (Lipinski definition) is 2. The Hall–Kier alpha value is -1.81. The summed E-state index contributed by atoms with van der Waals surface area (Å²) >= 11 is 0. The third-order valence-corrected chi connectivity index (χ3v) is 3.56. The van der Waals surface area contributed by atoms with Crippen LogP contribution in [0, 0.1) is 0 Å². The molecule has 0 amide bonds. The number of benzene rings is 1. The molecule has 1 aromatic heterocycles. The number of piperidine rings is 1. The van der Waals surface area contributed by atoms with Crippen LogP contribution in [0.25, 0.3) is 11.3 Å². The van der Waals surface area contributed by atoms with Crippen molar-refractivity contribution in [3.05, 3.63) is 36.5 Å². The molecule has 4 nitrogen and oxygen atoms in total. The van der Waals surface area contributed by atoms with Crippen LogP contribution in [0.5, 0.6) is 0 Å². The number of anilines is 1. The topological polar surface area (TPSA) is 57.9 Å². The maximum absolute atomic E-state index is 5.95. The zero-order valence-electron chi connectivity index (χ0n) is 10.3. The Morgan fingerprint density at radius 1 is 1.17 bits per heavy atom. The van der Waals surface area contributed by atoms with Gasteiger partial charge in [0.05, 0.1) is 17.6 Å². The van der Waals surface area contributed by atoms with Gasteiger partial charge >= 0.3 is 0 Å². The maximum atomic E-state index is 5.95. The number of H-pyrrole nitrogens is 1. The van der Waals surface area contributed by atoms with E-state index in [2.05, 4.69) is 27.2 Å². The molecule has 0 saturated carbocycles. The lowest BCUT2D eigenvalue weighted by molar-refractivity contribution is 0.501. The Kier molecular flexibility index (Phi) is 3.02. The predicted octanol–water partition coefficient (Wildman–Crippen LogP) is 2.00. The van der Waals surface area contributed by atoms with Crippen molar-refractivity contribution in [2.24, 2.45) is 5.73 Å². The summed E-state index contributed by atoms with van der Waals surface area (Å²) in [4.78, 5) is 2.37. The fraction of sp³-hybridized carbons (Fsp3) is 0.357. The standard InChI is InChI=1S/C14H18N4/c15-12-6-8-18(9-7-12)13-10-16-17-14(13)11-4-2-1-3-5-11/h1-5,10,12H,6-9,15H2,(H,16,17). The van der Waals surface area contributed by atoms with E-state index in [1.54, 1.807) is 0 Å². The van der Waals surface area contributed by atoms with Crippen molar-refractivity contribution in [2.75, 3.05) is 18.0 Å². The summed E-state index contributed by atoms with van der Waals surface area (Å²) in [5, 5.41) is 7.30. The first-order valence-electron chi connectivity index (χ1n) is 6.44. The van der Waals surface area contributed by atoms with Gasteiger partial charge in [0.15, 0.2) is 0 Å². The van der Waals surface area contributed by atoms with E-state index in [0.717, 1.165) is 31.6 Å². The molecule has 2 heterocycles. The van der Waals surface area contributed by atoms with Crippen molar-refractivity contribution in [3.8, 4) is 11.3 Å². The van der Waals surface area contributed by atoms with Gasteiger partial charge in [-0.15, -0.1) is 0 Å². The highest BCUT2D eigenvalue weighted by molar-refractivity contribution is 5.74. The van der Waals surface area contributed by atoms with Gasteiger partial charge in [0.25, 0.3) is 0 Å². The normalized spacial score (nSPS) is 17.1. The number of nitrogens with one attached hydrogen (secondary N) is 1. The summed E-state index contributed by atoms with van der Waals surface area (Å²) in [6, 6.07) is 10.7. The molecule has 1 aliphatic heterocycles. The second-order valence-electron chi connectivity index (χ2n) is 4.82. The Labute approximate surface area is 107 Å². The maximum Gasteiger partial charge on any atom is 0.0884 e. The van der Waals surface area contributed by atoms with Crippen LogP contribution in [-0.2, 0) is 0 Å². The molecule has 0 radical (unpaired) electrons. The van der Waals surface area contributed by atoms with Crippen molar-refractivity contribution in [1.29, 1.82) is 0 Å². The molecular formula is C14H18N4. The third kappa shape index (κ3) is 2.11. The van der Waals surface area contributed by atoms with Crippen LogP contribution in [0.4, 0.5) is 5.69 Å². The smallest absolute Gasteiger partial charge is 0.0884 e. The molecule has 2 aromatic rings. The quantitative estimate of drug-likeness (QED) is 0.847. The predicted molar refractivity (Wildman–Crippen MR) is 73.4 cm³/mol. The van der Waals surface area contributed by atoms with Crippen LogP contribution in [0.1, 0.15) is 12.8 Å². The van der Waals surface area contributed by atoms with Crippen molar-refractivity contribution < 1.29 is 0 Å². The minimum absolute atomic E-state index is 0.355. The fourth-order valence-electron chi connectivity index (χ4n) is 2.48. The van der Waals surface area contributed by atoms with Crippen molar-refractivity contribution >= 4 is 5.69 Å². The van der Waals surface area contributed by atoms with Gasteiger partial charge in [0, 0.05) is 24.7 Å². The van der Waals surface area contributed by atoms with Crippen molar-refractivity contribution in [1.82, 2.24) is 10.2 Å². The third-order valence-electron chi connectivity index (χ3n) is 3.56. The number of rotatable bonds is 2. The van der Waals surface area contributed by atoms with Gasteiger partial charge in [-0.05, 0) is 12.8 Å². The Bertz CT molecular complexity index is 498. The van der Waals surface area contributed by atoms with Gasteiger partial charge in [0.1, 0.15) is 0 Å². The number of nitrogens with zero attached hydrogens (tertiary/aromatic N) is 2. The Morgan fingerprint density at radius 3 is 2.61 bits per heavy atom. The molecule has 0 unspecified atom stereocenters. The summed E-state index contributed by atoms with van der Waals surface area (Å²) in [7, 11) is 0. The van der Waals surface area contributed by atoms with Crippen LogP contribution in [0.3, 0.4) is 0 Å². The summed E-state index contributed by atoms with van der Waals surface area (Å²) < 4.78 is 0. The zero-order chi connectivity index (χ0) is 12.4. The van der Waals surface area contributed by atoms with E-state index in [-0.39, 0.29) is 0 Å². The van der Waals surface area contributed by atoms with Crippen LogP contribution in [0.15, 0.2) is 36.5 Å². The summed E-state index contributed by atoms with van der Waals surface area (Å²) in [5.41, 5.74) is 9.42. The highest BCUT2D eigenvalue weighted by Gasteiger charge is 2.20. The molecule has 0 spiro atoms. The fourth-order valence-corrected chi connectivity index (χ4v) is 2.48. The molecule has 18 heavy (non-hydrogen) atoms. The molecule has 94 valence electrons. The summed E-state index contributed by atoms with van der Waals surface area (Å²) in [6.45, 7) is 2.03. The van der Waals surface area contributed by atoms with E-state index in [4.69, 9.17) is 5.73 Å². The molecule has 4 heteroatoms. The van der Waals surface area contributed by atoms with Gasteiger partial charge in [0.2, 0.25) is 0 Å². The Balaban J connectivity index is 1.88.